The van der Waals surface area contributed by atoms with Gasteiger partial charge in [-0.15, -0.1) is 10.2 Å². The van der Waals surface area contributed by atoms with E-state index in [0.29, 0.717) is 11.9 Å². The smallest absolute Gasteiger partial charge is 0.356 e. The molecule has 1 aliphatic carbocycles. The highest BCUT2D eigenvalue weighted by atomic mass is 16.4. The van der Waals surface area contributed by atoms with Gasteiger partial charge in [0.15, 0.2) is 5.69 Å². The van der Waals surface area contributed by atoms with Crippen LogP contribution in [-0.4, -0.2) is 27.3 Å². The van der Waals surface area contributed by atoms with Crippen LogP contribution in [0.4, 0.5) is 5.82 Å². The van der Waals surface area contributed by atoms with Gasteiger partial charge < -0.3 is 10.4 Å². The number of nitrogens with one attached hydrogen (secondary N) is 1. The number of anilines is 1. The zero-order valence-electron chi connectivity index (χ0n) is 10.6. The highest BCUT2D eigenvalue weighted by Crippen LogP contribution is 2.28. The molecule has 1 aliphatic rings. The molecule has 2 N–H and O–H groups in total. The maximum atomic E-state index is 10.7. The van der Waals surface area contributed by atoms with Crippen LogP contribution in [0.3, 0.4) is 0 Å². The van der Waals surface area contributed by atoms with E-state index in [2.05, 4.69) is 22.4 Å². The Morgan fingerprint density at radius 1 is 1.44 bits per heavy atom. The maximum absolute atomic E-state index is 10.7. The van der Waals surface area contributed by atoms with Crippen molar-refractivity contribution in [1.82, 2.24) is 10.2 Å². The molecule has 1 saturated carbocycles. The molecule has 0 aromatic carbocycles. The van der Waals surface area contributed by atoms with Gasteiger partial charge in [0, 0.05) is 6.04 Å². The summed E-state index contributed by atoms with van der Waals surface area (Å²) in [5, 5.41) is 19.7. The third-order valence-corrected chi connectivity index (χ3v) is 3.60. The van der Waals surface area contributed by atoms with Gasteiger partial charge in [-0.3, -0.25) is 0 Å². The van der Waals surface area contributed by atoms with E-state index in [1.165, 1.54) is 31.7 Å². The van der Waals surface area contributed by atoms with Gasteiger partial charge in [-0.2, -0.15) is 0 Å². The number of aromatic carboxylic acids is 1. The van der Waals surface area contributed by atoms with Crippen LogP contribution >= 0.6 is 0 Å². The summed E-state index contributed by atoms with van der Waals surface area (Å²) < 4.78 is 0. The van der Waals surface area contributed by atoms with Crippen LogP contribution in [0, 0.1) is 5.92 Å². The molecule has 2 rings (SSSR count). The molecule has 0 aliphatic heterocycles. The predicted molar refractivity (Wildman–Crippen MR) is 68.7 cm³/mol. The Balaban J connectivity index is 1.94. The third-order valence-electron chi connectivity index (χ3n) is 3.60. The molecule has 5 heteroatoms. The van der Waals surface area contributed by atoms with Crippen LogP contribution < -0.4 is 5.32 Å². The first kappa shape index (κ1) is 12.8. The molecule has 2 unspecified atom stereocenters. The second-order valence-electron chi connectivity index (χ2n) is 4.89. The molecule has 0 saturated heterocycles. The quantitative estimate of drug-likeness (QED) is 0.857. The van der Waals surface area contributed by atoms with Crippen molar-refractivity contribution < 1.29 is 9.90 Å². The number of rotatable bonds is 4. The zero-order chi connectivity index (χ0) is 13.0. The van der Waals surface area contributed by atoms with E-state index in [1.807, 2.05) is 0 Å². The van der Waals surface area contributed by atoms with E-state index >= 15 is 0 Å². The predicted octanol–water partition coefficient (Wildman–Crippen LogP) is 2.56. The lowest BCUT2D eigenvalue weighted by Crippen LogP contribution is -2.27. The third kappa shape index (κ3) is 3.18. The molecule has 0 amide bonds. The summed E-state index contributed by atoms with van der Waals surface area (Å²) in [4.78, 5) is 10.7. The van der Waals surface area contributed by atoms with Crippen molar-refractivity contribution >= 4 is 11.8 Å². The lowest BCUT2D eigenvalue weighted by Gasteiger charge is -2.29. The van der Waals surface area contributed by atoms with Crippen LogP contribution in [-0.2, 0) is 0 Å². The second kappa shape index (κ2) is 5.80. The van der Waals surface area contributed by atoms with Crippen molar-refractivity contribution in [3.05, 3.63) is 17.8 Å². The largest absolute Gasteiger partial charge is 0.476 e. The van der Waals surface area contributed by atoms with Crippen molar-refractivity contribution in [2.75, 3.05) is 5.32 Å². The summed E-state index contributed by atoms with van der Waals surface area (Å²) >= 11 is 0. The van der Waals surface area contributed by atoms with E-state index in [9.17, 15) is 4.79 Å². The van der Waals surface area contributed by atoms with Crippen molar-refractivity contribution in [3.8, 4) is 0 Å². The summed E-state index contributed by atoms with van der Waals surface area (Å²) in [6.07, 6.45) is 6.11. The molecule has 0 bridgehead atoms. The van der Waals surface area contributed by atoms with E-state index in [1.54, 1.807) is 6.07 Å². The minimum Gasteiger partial charge on any atom is -0.476 e. The topological polar surface area (TPSA) is 75.1 Å². The van der Waals surface area contributed by atoms with Crippen LogP contribution in [0.25, 0.3) is 0 Å². The number of hydrogen-bond acceptors (Lipinski definition) is 4. The van der Waals surface area contributed by atoms with Gasteiger partial charge in [-0.25, -0.2) is 4.79 Å². The van der Waals surface area contributed by atoms with Gasteiger partial charge in [-0.05, 0) is 30.9 Å². The van der Waals surface area contributed by atoms with Gasteiger partial charge in [0.25, 0.3) is 0 Å². The summed E-state index contributed by atoms with van der Waals surface area (Å²) in [6, 6.07) is 3.61. The molecule has 5 nitrogen and oxygen atoms in total. The second-order valence-corrected chi connectivity index (χ2v) is 4.89. The molecule has 18 heavy (non-hydrogen) atoms. The summed E-state index contributed by atoms with van der Waals surface area (Å²) in [7, 11) is 0. The lowest BCUT2D eigenvalue weighted by molar-refractivity contribution is 0.0689. The monoisotopic (exact) mass is 249 g/mol. The first-order chi connectivity index (χ1) is 8.69. The van der Waals surface area contributed by atoms with Crippen molar-refractivity contribution in [3.63, 3.8) is 0 Å². The van der Waals surface area contributed by atoms with E-state index in [0.717, 1.165) is 12.3 Å². The fraction of sp³-hybridized carbons (Fsp3) is 0.615. The number of aromatic nitrogens is 2. The standard InChI is InChI=1S/C13H19N3O2/c1-2-9-4-3-5-10(8-9)14-12-7-6-11(13(17)18)15-16-12/h6-7,9-10H,2-5,8H2,1H3,(H,14,16)(H,17,18). The first-order valence-electron chi connectivity index (χ1n) is 6.52. The van der Waals surface area contributed by atoms with E-state index < -0.39 is 5.97 Å². The Hall–Kier alpha value is -1.65. The van der Waals surface area contributed by atoms with Crippen molar-refractivity contribution in [1.29, 1.82) is 0 Å². The number of hydrogen-bond donors (Lipinski definition) is 2. The lowest BCUT2D eigenvalue weighted by atomic mass is 9.84. The Bertz CT molecular complexity index is 405. The highest BCUT2D eigenvalue weighted by molar-refractivity contribution is 5.85. The Morgan fingerprint density at radius 2 is 2.28 bits per heavy atom. The van der Waals surface area contributed by atoms with Crippen LogP contribution in [0.1, 0.15) is 49.5 Å². The van der Waals surface area contributed by atoms with Crippen molar-refractivity contribution in [2.45, 2.75) is 45.1 Å². The molecule has 2 atom stereocenters. The van der Waals surface area contributed by atoms with Gasteiger partial charge in [-0.1, -0.05) is 26.2 Å². The summed E-state index contributed by atoms with van der Waals surface area (Å²) in [5.41, 5.74) is -0.0179. The summed E-state index contributed by atoms with van der Waals surface area (Å²) in [5.74, 6) is 0.419. The minimum atomic E-state index is -1.04. The van der Waals surface area contributed by atoms with Crippen LogP contribution in [0.15, 0.2) is 12.1 Å². The molecule has 0 radical (unpaired) electrons. The zero-order valence-corrected chi connectivity index (χ0v) is 10.6. The number of carboxylic acids is 1. The SMILES string of the molecule is CCC1CCCC(Nc2ccc(C(=O)O)nn2)C1. The fourth-order valence-corrected chi connectivity index (χ4v) is 2.53. The Kier molecular flexibility index (Phi) is 4.12. The molecule has 0 spiro atoms. The van der Waals surface area contributed by atoms with Gasteiger partial charge in [0.05, 0.1) is 0 Å². The first-order valence-corrected chi connectivity index (χ1v) is 6.52. The number of carbonyl (C=O) groups is 1. The Morgan fingerprint density at radius 3 is 2.89 bits per heavy atom. The van der Waals surface area contributed by atoms with Gasteiger partial charge in [0.2, 0.25) is 0 Å². The minimum absolute atomic E-state index is 0.0179. The molecule has 1 aromatic heterocycles. The number of carboxylic acid groups (broad SMARTS) is 1. The maximum Gasteiger partial charge on any atom is 0.356 e. The van der Waals surface area contributed by atoms with Crippen LogP contribution in [0.2, 0.25) is 0 Å². The molecule has 98 valence electrons. The average Bonchev–Trinajstić information content (AvgIpc) is 2.39. The Labute approximate surface area is 107 Å². The van der Waals surface area contributed by atoms with E-state index in [4.69, 9.17) is 5.11 Å². The molecular weight excluding hydrogens is 230 g/mol. The highest BCUT2D eigenvalue weighted by Gasteiger charge is 2.20. The molecule has 1 aromatic rings. The van der Waals surface area contributed by atoms with Gasteiger partial charge in [0.1, 0.15) is 5.82 Å². The van der Waals surface area contributed by atoms with Gasteiger partial charge >= 0.3 is 5.97 Å². The fourth-order valence-electron chi connectivity index (χ4n) is 2.53. The number of nitrogens with zero attached hydrogens (tertiary/aromatic N) is 2. The van der Waals surface area contributed by atoms with Crippen molar-refractivity contribution in [2.24, 2.45) is 5.92 Å². The summed E-state index contributed by atoms with van der Waals surface area (Å²) in [6.45, 7) is 2.23. The molecular formula is C13H19N3O2. The average molecular weight is 249 g/mol. The van der Waals surface area contributed by atoms with Crippen LogP contribution in [0.5, 0.6) is 0 Å². The van der Waals surface area contributed by atoms with E-state index in [-0.39, 0.29) is 5.69 Å². The molecule has 1 heterocycles. The molecule has 1 fully saturated rings. The normalized spacial score (nSPS) is 23.6.